The van der Waals surface area contributed by atoms with Crippen molar-refractivity contribution in [1.82, 2.24) is 9.55 Å². The SMILES string of the molecule is CC(=O)c1cc2c(cc1Br)nc(C)n2C. The number of aromatic nitrogens is 2. The smallest absolute Gasteiger partial charge is 0.161 e. The van der Waals surface area contributed by atoms with Crippen LogP contribution in [0.3, 0.4) is 0 Å². The highest BCUT2D eigenvalue weighted by molar-refractivity contribution is 9.10. The minimum atomic E-state index is 0.0580. The van der Waals surface area contributed by atoms with Crippen LogP contribution >= 0.6 is 15.9 Å². The van der Waals surface area contributed by atoms with Gasteiger partial charge in [0.25, 0.3) is 0 Å². The van der Waals surface area contributed by atoms with Crippen molar-refractivity contribution in [3.8, 4) is 0 Å². The number of halogens is 1. The summed E-state index contributed by atoms with van der Waals surface area (Å²) in [6.07, 6.45) is 0. The predicted octanol–water partition coefficient (Wildman–Crippen LogP) is 2.85. The van der Waals surface area contributed by atoms with E-state index in [0.717, 1.165) is 21.3 Å². The lowest BCUT2D eigenvalue weighted by atomic mass is 10.1. The molecular weight excluding hydrogens is 256 g/mol. The minimum Gasteiger partial charge on any atom is -0.331 e. The zero-order valence-corrected chi connectivity index (χ0v) is 10.4. The minimum absolute atomic E-state index is 0.0580. The van der Waals surface area contributed by atoms with Crippen molar-refractivity contribution >= 4 is 32.7 Å². The van der Waals surface area contributed by atoms with E-state index in [1.807, 2.05) is 30.7 Å². The van der Waals surface area contributed by atoms with E-state index in [1.54, 1.807) is 6.92 Å². The van der Waals surface area contributed by atoms with E-state index in [0.29, 0.717) is 5.56 Å². The molecule has 1 aromatic heterocycles. The normalized spacial score (nSPS) is 10.9. The predicted molar refractivity (Wildman–Crippen MR) is 63.2 cm³/mol. The molecule has 0 atom stereocenters. The largest absolute Gasteiger partial charge is 0.331 e. The maximum Gasteiger partial charge on any atom is 0.161 e. The lowest BCUT2D eigenvalue weighted by Gasteiger charge is -2.01. The van der Waals surface area contributed by atoms with Gasteiger partial charge in [-0.25, -0.2) is 4.98 Å². The topological polar surface area (TPSA) is 34.9 Å². The van der Waals surface area contributed by atoms with Gasteiger partial charge in [0.15, 0.2) is 5.78 Å². The standard InChI is InChI=1S/C11H11BrN2O/c1-6(15)8-4-11-10(5-9(8)12)13-7(2)14(11)3/h4-5H,1-3H3. The Morgan fingerprint density at radius 3 is 2.73 bits per heavy atom. The van der Waals surface area contributed by atoms with Crippen LogP contribution in [0.2, 0.25) is 0 Å². The molecule has 0 aliphatic heterocycles. The Kier molecular flexibility index (Phi) is 2.38. The number of rotatable bonds is 1. The molecule has 3 nitrogen and oxygen atoms in total. The molecule has 0 aliphatic carbocycles. The van der Waals surface area contributed by atoms with Gasteiger partial charge < -0.3 is 4.57 Å². The number of hydrogen-bond acceptors (Lipinski definition) is 2. The number of fused-ring (bicyclic) bond motifs is 1. The summed E-state index contributed by atoms with van der Waals surface area (Å²) in [6.45, 7) is 3.51. The number of Topliss-reactive ketones (excluding diaryl/α,β-unsaturated/α-hetero) is 1. The van der Waals surface area contributed by atoms with Gasteiger partial charge in [-0.2, -0.15) is 0 Å². The van der Waals surface area contributed by atoms with Gasteiger partial charge in [0.1, 0.15) is 5.82 Å². The second kappa shape index (κ2) is 3.45. The Labute approximate surface area is 96.2 Å². The van der Waals surface area contributed by atoms with Gasteiger partial charge in [0.2, 0.25) is 0 Å². The molecule has 2 aromatic rings. The van der Waals surface area contributed by atoms with E-state index in [4.69, 9.17) is 0 Å². The molecule has 2 rings (SSSR count). The number of benzene rings is 1. The fourth-order valence-corrected chi connectivity index (χ4v) is 2.21. The third-order valence-electron chi connectivity index (χ3n) is 2.57. The second-order valence-electron chi connectivity index (χ2n) is 3.59. The van der Waals surface area contributed by atoms with Crippen molar-refractivity contribution in [2.75, 3.05) is 0 Å². The van der Waals surface area contributed by atoms with Gasteiger partial charge in [-0.15, -0.1) is 0 Å². The summed E-state index contributed by atoms with van der Waals surface area (Å²) in [5.41, 5.74) is 2.60. The first-order valence-corrected chi connectivity index (χ1v) is 5.43. The lowest BCUT2D eigenvalue weighted by molar-refractivity contribution is 0.101. The molecule has 0 amide bonds. The van der Waals surface area contributed by atoms with Gasteiger partial charge in [0, 0.05) is 17.1 Å². The number of aryl methyl sites for hydroxylation is 2. The summed E-state index contributed by atoms with van der Waals surface area (Å²) in [5, 5.41) is 0. The Morgan fingerprint density at radius 2 is 2.13 bits per heavy atom. The fourth-order valence-electron chi connectivity index (χ4n) is 1.60. The molecule has 0 bridgehead atoms. The summed E-state index contributed by atoms with van der Waals surface area (Å²) < 4.78 is 2.79. The molecule has 4 heteroatoms. The second-order valence-corrected chi connectivity index (χ2v) is 4.45. The molecule has 78 valence electrons. The maximum atomic E-state index is 11.4. The van der Waals surface area contributed by atoms with E-state index < -0.39 is 0 Å². The van der Waals surface area contributed by atoms with Crippen LogP contribution in [-0.2, 0) is 7.05 Å². The summed E-state index contributed by atoms with van der Waals surface area (Å²) in [5.74, 6) is 1.00. The molecule has 1 heterocycles. The first-order valence-electron chi connectivity index (χ1n) is 4.64. The van der Waals surface area contributed by atoms with Crippen molar-refractivity contribution in [1.29, 1.82) is 0 Å². The van der Waals surface area contributed by atoms with Crippen LogP contribution in [0.15, 0.2) is 16.6 Å². The highest BCUT2D eigenvalue weighted by Gasteiger charge is 2.11. The molecular formula is C11H11BrN2O. The molecule has 0 spiro atoms. The zero-order chi connectivity index (χ0) is 11.2. The molecule has 0 aliphatic rings. The molecule has 0 unspecified atom stereocenters. The van der Waals surface area contributed by atoms with Gasteiger partial charge in [-0.1, -0.05) is 0 Å². The monoisotopic (exact) mass is 266 g/mol. The van der Waals surface area contributed by atoms with Crippen LogP contribution in [0.1, 0.15) is 23.1 Å². The highest BCUT2D eigenvalue weighted by Crippen LogP contribution is 2.24. The Bertz CT molecular complexity index is 557. The average Bonchev–Trinajstić information content (AvgIpc) is 2.41. The molecule has 0 radical (unpaired) electrons. The number of ketones is 1. The van der Waals surface area contributed by atoms with Gasteiger partial charge in [0.05, 0.1) is 11.0 Å². The van der Waals surface area contributed by atoms with Crippen LogP contribution in [-0.4, -0.2) is 15.3 Å². The van der Waals surface area contributed by atoms with Crippen LogP contribution in [0, 0.1) is 6.92 Å². The fraction of sp³-hybridized carbons (Fsp3) is 0.273. The third kappa shape index (κ3) is 1.59. The number of carbonyl (C=O) groups excluding carboxylic acids is 1. The molecule has 1 aromatic carbocycles. The first-order chi connectivity index (χ1) is 7.00. The number of carbonyl (C=O) groups is 1. The van der Waals surface area contributed by atoms with E-state index in [9.17, 15) is 4.79 Å². The molecule has 0 N–H and O–H groups in total. The number of imidazole rings is 1. The van der Waals surface area contributed by atoms with Crippen LogP contribution in [0.4, 0.5) is 0 Å². The third-order valence-corrected chi connectivity index (χ3v) is 3.23. The van der Waals surface area contributed by atoms with E-state index >= 15 is 0 Å². The summed E-state index contributed by atoms with van der Waals surface area (Å²) in [7, 11) is 1.95. The summed E-state index contributed by atoms with van der Waals surface area (Å²) in [6, 6.07) is 3.76. The van der Waals surface area contributed by atoms with Crippen molar-refractivity contribution < 1.29 is 4.79 Å². The molecule has 0 saturated heterocycles. The van der Waals surface area contributed by atoms with Gasteiger partial charge in [-0.05, 0) is 41.9 Å². The molecule has 15 heavy (non-hydrogen) atoms. The van der Waals surface area contributed by atoms with Crippen molar-refractivity contribution in [2.45, 2.75) is 13.8 Å². The maximum absolute atomic E-state index is 11.4. The number of nitrogens with zero attached hydrogens (tertiary/aromatic N) is 2. The summed E-state index contributed by atoms with van der Waals surface area (Å²) in [4.78, 5) is 15.8. The van der Waals surface area contributed by atoms with E-state index in [2.05, 4.69) is 20.9 Å². The Hall–Kier alpha value is -1.16. The Balaban J connectivity index is 2.83. The Morgan fingerprint density at radius 1 is 1.47 bits per heavy atom. The lowest BCUT2D eigenvalue weighted by Crippen LogP contribution is -1.95. The first kappa shape index (κ1) is 10.4. The van der Waals surface area contributed by atoms with E-state index in [1.165, 1.54) is 0 Å². The zero-order valence-electron chi connectivity index (χ0n) is 8.84. The molecule has 0 fully saturated rings. The number of hydrogen-bond donors (Lipinski definition) is 0. The quantitative estimate of drug-likeness (QED) is 0.744. The van der Waals surface area contributed by atoms with Crippen molar-refractivity contribution in [3.05, 3.63) is 28.0 Å². The average molecular weight is 267 g/mol. The van der Waals surface area contributed by atoms with Gasteiger partial charge >= 0.3 is 0 Å². The van der Waals surface area contributed by atoms with E-state index in [-0.39, 0.29) is 5.78 Å². The highest BCUT2D eigenvalue weighted by atomic mass is 79.9. The summed E-state index contributed by atoms with van der Waals surface area (Å²) >= 11 is 3.38. The van der Waals surface area contributed by atoms with Crippen molar-refractivity contribution in [3.63, 3.8) is 0 Å². The van der Waals surface area contributed by atoms with Crippen molar-refractivity contribution in [2.24, 2.45) is 7.05 Å². The molecule has 0 saturated carbocycles. The van der Waals surface area contributed by atoms with Crippen LogP contribution in [0.25, 0.3) is 11.0 Å². The van der Waals surface area contributed by atoms with Crippen LogP contribution in [0.5, 0.6) is 0 Å². The van der Waals surface area contributed by atoms with Gasteiger partial charge in [-0.3, -0.25) is 4.79 Å². The van der Waals surface area contributed by atoms with Crippen LogP contribution < -0.4 is 0 Å².